The molecule has 0 atom stereocenters. The molecule has 3 aromatic rings. The van der Waals surface area contributed by atoms with Crippen molar-refractivity contribution in [3.63, 3.8) is 0 Å². The fourth-order valence-corrected chi connectivity index (χ4v) is 4.50. The van der Waals surface area contributed by atoms with E-state index in [1.165, 1.54) is 17.7 Å². The molecule has 5 heteroatoms. The molecule has 0 bridgehead atoms. The molecule has 3 aromatic carbocycles. The molecule has 1 heterocycles. The van der Waals surface area contributed by atoms with Crippen LogP contribution in [0.2, 0.25) is 0 Å². The molecule has 0 saturated carbocycles. The van der Waals surface area contributed by atoms with Crippen LogP contribution in [0.1, 0.15) is 31.9 Å². The Labute approximate surface area is 189 Å². The van der Waals surface area contributed by atoms with Gasteiger partial charge in [-0.3, -0.25) is 0 Å². The van der Waals surface area contributed by atoms with E-state index in [-0.39, 0.29) is 11.4 Å². The fourth-order valence-electron chi connectivity index (χ4n) is 4.50. The highest BCUT2D eigenvalue weighted by molar-refractivity contribution is 5.88. The molecule has 0 aromatic heterocycles. The number of rotatable bonds is 6. The number of benzene rings is 3. The van der Waals surface area contributed by atoms with Gasteiger partial charge in [-0.1, -0.05) is 24.3 Å². The summed E-state index contributed by atoms with van der Waals surface area (Å²) in [4.78, 5) is 0. The van der Waals surface area contributed by atoms with Crippen molar-refractivity contribution in [3.05, 3.63) is 77.6 Å². The lowest BCUT2D eigenvalue weighted by molar-refractivity contribution is 0.413. The molecule has 32 heavy (non-hydrogen) atoms. The first-order valence-corrected chi connectivity index (χ1v) is 10.7. The Balaban J connectivity index is 1.87. The number of anilines is 2. The predicted molar refractivity (Wildman–Crippen MR) is 130 cm³/mol. The van der Waals surface area contributed by atoms with Crippen LogP contribution in [0.3, 0.4) is 0 Å². The average molecular weight is 433 g/mol. The molecule has 1 aliphatic rings. The van der Waals surface area contributed by atoms with E-state index in [4.69, 9.17) is 9.47 Å². The van der Waals surface area contributed by atoms with Gasteiger partial charge in [0.2, 0.25) is 0 Å². The van der Waals surface area contributed by atoms with Gasteiger partial charge in [0.05, 0.1) is 25.4 Å². The average Bonchev–Trinajstić information content (AvgIpc) is 2.76. The summed E-state index contributed by atoms with van der Waals surface area (Å²) in [5.74, 6) is 0.968. The number of nitrogens with one attached hydrogen (secondary N) is 2. The van der Waals surface area contributed by atoms with Crippen molar-refractivity contribution in [2.24, 2.45) is 0 Å². The van der Waals surface area contributed by atoms with Crippen molar-refractivity contribution in [3.8, 4) is 22.6 Å². The Morgan fingerprint density at radius 2 is 1.66 bits per heavy atom. The summed E-state index contributed by atoms with van der Waals surface area (Å²) in [6.07, 6.45) is 2.24. The zero-order valence-corrected chi connectivity index (χ0v) is 19.2. The van der Waals surface area contributed by atoms with Crippen LogP contribution in [-0.2, 0) is 6.54 Å². The zero-order valence-electron chi connectivity index (χ0n) is 19.2. The van der Waals surface area contributed by atoms with Crippen LogP contribution in [0.5, 0.6) is 11.5 Å². The van der Waals surface area contributed by atoms with Gasteiger partial charge in [-0.2, -0.15) is 0 Å². The number of para-hydroxylation sites is 2. The van der Waals surface area contributed by atoms with Crippen LogP contribution >= 0.6 is 0 Å². The smallest absolute Gasteiger partial charge is 0.141 e. The molecular formula is C27H29FN2O2. The SMILES string of the molecule is COc1ccccc1NCc1c(-c2ccc(F)cc2OC)ccc2c1C(C)=CC(C)(C)N2. The molecular weight excluding hydrogens is 403 g/mol. The van der Waals surface area contributed by atoms with Crippen molar-refractivity contribution in [2.75, 3.05) is 24.9 Å². The molecule has 0 unspecified atom stereocenters. The minimum Gasteiger partial charge on any atom is -0.496 e. The predicted octanol–water partition coefficient (Wildman–Crippen LogP) is 6.73. The van der Waals surface area contributed by atoms with E-state index in [2.05, 4.69) is 49.6 Å². The zero-order chi connectivity index (χ0) is 22.9. The van der Waals surface area contributed by atoms with Crippen molar-refractivity contribution in [1.82, 2.24) is 0 Å². The quantitative estimate of drug-likeness (QED) is 0.453. The second-order valence-corrected chi connectivity index (χ2v) is 8.59. The van der Waals surface area contributed by atoms with Gasteiger partial charge >= 0.3 is 0 Å². The lowest BCUT2D eigenvalue weighted by atomic mass is 9.85. The van der Waals surface area contributed by atoms with Gasteiger partial charge in [0, 0.05) is 29.4 Å². The Bertz CT molecular complexity index is 1180. The molecule has 2 N–H and O–H groups in total. The second kappa shape index (κ2) is 8.58. The normalized spacial score (nSPS) is 14.1. The first-order valence-electron chi connectivity index (χ1n) is 10.7. The number of hydrogen-bond acceptors (Lipinski definition) is 4. The minimum absolute atomic E-state index is 0.139. The molecule has 0 fully saturated rings. The van der Waals surface area contributed by atoms with Gasteiger partial charge in [0.25, 0.3) is 0 Å². The third kappa shape index (κ3) is 4.15. The van der Waals surface area contributed by atoms with Gasteiger partial charge in [-0.05, 0) is 67.8 Å². The number of methoxy groups -OCH3 is 2. The number of halogens is 1. The third-order valence-electron chi connectivity index (χ3n) is 5.76. The van der Waals surface area contributed by atoms with Crippen LogP contribution < -0.4 is 20.1 Å². The Morgan fingerprint density at radius 1 is 0.938 bits per heavy atom. The highest BCUT2D eigenvalue weighted by Gasteiger charge is 2.26. The van der Waals surface area contributed by atoms with Crippen molar-refractivity contribution in [2.45, 2.75) is 32.9 Å². The molecule has 166 valence electrons. The first-order chi connectivity index (χ1) is 15.3. The lowest BCUT2D eigenvalue weighted by Gasteiger charge is -2.33. The summed E-state index contributed by atoms with van der Waals surface area (Å²) in [5.41, 5.74) is 7.16. The maximum Gasteiger partial charge on any atom is 0.141 e. The van der Waals surface area contributed by atoms with Crippen LogP contribution in [0.4, 0.5) is 15.8 Å². The maximum absolute atomic E-state index is 13.9. The standard InChI is InChI=1S/C27H29FN2O2/c1-17-15-27(2,3)30-23-13-12-19(20-11-10-18(28)14-25(20)32-5)21(26(17)23)16-29-22-8-6-7-9-24(22)31-4/h6-15,29-30H,16H2,1-5H3. The first kappa shape index (κ1) is 21.8. The highest BCUT2D eigenvalue weighted by Crippen LogP contribution is 2.43. The van der Waals surface area contributed by atoms with Crippen LogP contribution in [0.25, 0.3) is 16.7 Å². The van der Waals surface area contributed by atoms with Crippen LogP contribution in [0, 0.1) is 5.82 Å². The molecule has 1 aliphatic heterocycles. The number of ether oxygens (including phenoxy) is 2. The number of hydrogen-bond donors (Lipinski definition) is 2. The summed E-state index contributed by atoms with van der Waals surface area (Å²) in [5, 5.41) is 7.16. The molecule has 0 saturated heterocycles. The van der Waals surface area contributed by atoms with Gasteiger partial charge in [-0.15, -0.1) is 0 Å². The molecule has 0 aliphatic carbocycles. The van der Waals surface area contributed by atoms with E-state index in [9.17, 15) is 4.39 Å². The number of allylic oxidation sites excluding steroid dienone is 1. The van der Waals surface area contributed by atoms with E-state index >= 15 is 0 Å². The summed E-state index contributed by atoms with van der Waals surface area (Å²) < 4.78 is 24.9. The Morgan fingerprint density at radius 3 is 2.41 bits per heavy atom. The minimum atomic E-state index is -0.322. The molecule has 4 nitrogen and oxygen atoms in total. The summed E-state index contributed by atoms with van der Waals surface area (Å²) in [7, 11) is 3.23. The molecule has 4 rings (SSSR count). The fraction of sp³-hybridized carbons (Fsp3) is 0.259. The van der Waals surface area contributed by atoms with Crippen LogP contribution in [-0.4, -0.2) is 19.8 Å². The van der Waals surface area contributed by atoms with E-state index in [0.717, 1.165) is 39.4 Å². The topological polar surface area (TPSA) is 42.5 Å². The molecule has 0 amide bonds. The van der Waals surface area contributed by atoms with Crippen molar-refractivity contribution in [1.29, 1.82) is 0 Å². The summed E-state index contributed by atoms with van der Waals surface area (Å²) >= 11 is 0. The Kier molecular flexibility index (Phi) is 5.83. The lowest BCUT2D eigenvalue weighted by Crippen LogP contribution is -2.32. The molecule has 0 spiro atoms. The van der Waals surface area contributed by atoms with E-state index < -0.39 is 0 Å². The second-order valence-electron chi connectivity index (χ2n) is 8.59. The summed E-state index contributed by atoms with van der Waals surface area (Å²) in [6, 6.07) is 16.7. The van der Waals surface area contributed by atoms with Gasteiger partial charge in [0.1, 0.15) is 17.3 Å². The van der Waals surface area contributed by atoms with Gasteiger partial charge in [0.15, 0.2) is 0 Å². The van der Waals surface area contributed by atoms with E-state index in [1.807, 2.05) is 24.3 Å². The van der Waals surface area contributed by atoms with Gasteiger partial charge in [-0.25, -0.2) is 4.39 Å². The number of fused-ring (bicyclic) bond motifs is 1. The summed E-state index contributed by atoms with van der Waals surface area (Å²) in [6.45, 7) is 7.01. The monoisotopic (exact) mass is 432 g/mol. The van der Waals surface area contributed by atoms with Crippen molar-refractivity contribution >= 4 is 16.9 Å². The van der Waals surface area contributed by atoms with Gasteiger partial charge < -0.3 is 20.1 Å². The largest absolute Gasteiger partial charge is 0.496 e. The molecule has 0 radical (unpaired) electrons. The third-order valence-corrected chi connectivity index (χ3v) is 5.76. The highest BCUT2D eigenvalue weighted by atomic mass is 19.1. The van der Waals surface area contributed by atoms with Crippen molar-refractivity contribution < 1.29 is 13.9 Å². The van der Waals surface area contributed by atoms with Crippen LogP contribution in [0.15, 0.2) is 60.7 Å². The maximum atomic E-state index is 13.9. The Hall–Kier alpha value is -3.47. The van der Waals surface area contributed by atoms with E-state index in [0.29, 0.717) is 12.3 Å². The van der Waals surface area contributed by atoms with E-state index in [1.54, 1.807) is 20.3 Å².